The van der Waals surface area contributed by atoms with Crippen molar-refractivity contribution in [1.29, 1.82) is 0 Å². The third-order valence-electron chi connectivity index (χ3n) is 0. The zero-order valence-corrected chi connectivity index (χ0v) is 124. The van der Waals surface area contributed by atoms with Gasteiger partial charge in [-0.1, -0.05) is 0 Å². The first-order valence-corrected chi connectivity index (χ1v) is 0.447. The maximum Gasteiger partial charge on any atom is 0.0319 e. The Hall–Kier alpha value is 29.0. The average Bonchev–Trinajstić information content (AvgIpc) is 1.00. The maximum absolute atomic E-state index is 7.00. The van der Waals surface area contributed by atoms with E-state index in [0.717, 1.165) is 7.11 Å². The molecule has 0 aliphatic rings. The molecule has 0 atom stereocenters. The fourth-order valence-corrected chi connectivity index (χ4v) is 0. The van der Waals surface area contributed by atoms with E-state index in [4.69, 9.17) is 5.11 Å². The lowest BCUT2D eigenvalue weighted by Crippen LogP contribution is -1.25. The van der Waals surface area contributed by atoms with Gasteiger partial charge in [0.05, 0.1) is 0 Å². The quantitative estimate of drug-likeness (QED) is 0.256. The van der Waals surface area contributed by atoms with Crippen LogP contribution in [0, 0.1) is 0 Å². The van der Waals surface area contributed by atoms with E-state index in [1.165, 1.54) is 0 Å². The third-order valence-corrected chi connectivity index (χ3v) is 0. The van der Waals surface area contributed by atoms with E-state index >= 15 is 0 Å². The van der Waals surface area contributed by atoms with Gasteiger partial charge >= 0.3 is 0 Å². The highest BCUT2D eigenvalue weighted by molar-refractivity contribution is 5.95. The zero-order valence-electron chi connectivity index (χ0n) is 42.3. The van der Waals surface area contributed by atoms with Gasteiger partial charge in [-0.05, 0) is 0 Å². The smallest absolute Gasteiger partial charge is 0.0319 e. The van der Waals surface area contributed by atoms with Gasteiger partial charge in [0, 0.05) is 7.11 Å². The van der Waals surface area contributed by atoms with Crippen molar-refractivity contribution in [3.8, 4) is 0 Å². The van der Waals surface area contributed by atoms with E-state index < -0.39 is 0 Å². The Morgan fingerprint density at radius 1 is 0.0392 bits per heavy atom. The molecule has 0 radical (unpaired) electrons. The van der Waals surface area contributed by atoms with E-state index in [-0.39, 0.29) is 1240 Å². The van der Waals surface area contributed by atoms with E-state index in [2.05, 4.69) is 0 Å². The van der Waals surface area contributed by atoms with Crippen LogP contribution in [0.4, 0.5) is 0 Å². The summed E-state index contributed by atoms with van der Waals surface area (Å²) >= 11 is 0. The Morgan fingerprint density at radius 2 is 0.0392 bits per heavy atom. The predicted molar refractivity (Wildman–Crippen MR) is 733 cm³/mol. The van der Waals surface area contributed by atoms with Crippen molar-refractivity contribution in [3.63, 3.8) is 0 Å². The molecular weight excluding hydrogens is 3570 g/mol. The van der Waals surface area contributed by atoms with Crippen LogP contribution >= 0.6 is 1240 Å². The molecule has 1 N–H and O–H groups in total. The molecule has 102 heavy (non-hydrogen) atoms. The van der Waals surface area contributed by atoms with Gasteiger partial charge in [-0.3, -0.25) is 0 Å². The molecule has 101 heteroatoms. The number of aliphatic hydroxyl groups excluding tert-OH is 1. The minimum absolute atomic E-state index is 0. The molecule has 0 saturated carbocycles. The Kier molecular flexibility index (Phi) is 62300. The van der Waals surface area contributed by atoms with Gasteiger partial charge in [0.15, 0.2) is 0 Å². The van der Waals surface area contributed by atoms with Crippen LogP contribution in [0.1, 0.15) is 0 Å². The molecule has 0 aromatic heterocycles. The molecule has 0 spiro atoms. The summed E-state index contributed by atoms with van der Waals surface area (Å²) in [6.45, 7) is 0. The summed E-state index contributed by atoms with van der Waals surface area (Å²) < 4.78 is 0. The van der Waals surface area contributed by atoms with Crippen LogP contribution in [0.5, 0.6) is 0 Å². The van der Waals surface area contributed by atoms with Crippen LogP contribution < -0.4 is 0 Å². The summed E-state index contributed by atoms with van der Waals surface area (Å²) in [7, 11) is 1.00. The molecule has 0 fully saturated rings. The highest BCUT2D eigenvalue weighted by atomic mass is 35.6. The van der Waals surface area contributed by atoms with Crippen LogP contribution in [0.3, 0.4) is 0 Å². The molecule has 0 heterocycles. The van der Waals surface area contributed by atoms with Gasteiger partial charge in [-0.25, -0.2) is 0 Å². The van der Waals surface area contributed by atoms with Crippen LogP contribution in [-0.4, -0.2) is 12.2 Å². The van der Waals surface area contributed by atoms with Crippen molar-refractivity contribution >= 4 is 1240 Å². The van der Waals surface area contributed by atoms with Crippen molar-refractivity contribution in [3.05, 3.63) is 0 Å². The van der Waals surface area contributed by atoms with Gasteiger partial charge in [0.2, 0.25) is 0 Å². The molecule has 0 aliphatic heterocycles. The Labute approximate surface area is 1230 Å². The summed E-state index contributed by atoms with van der Waals surface area (Å²) in [6.07, 6.45) is 0. The van der Waals surface area contributed by atoms with E-state index in [1.54, 1.807) is 0 Å². The lowest BCUT2D eigenvalue weighted by atomic mass is 11.8. The lowest BCUT2D eigenvalue weighted by molar-refractivity contribution is 0.399. The van der Waals surface area contributed by atoms with Crippen molar-refractivity contribution < 1.29 is 5.11 Å². The molecule has 0 unspecified atom stereocenters. The van der Waals surface area contributed by atoms with Crippen LogP contribution in [-0.2, 0) is 0 Å². The molecule has 814 valence electrons. The lowest BCUT2D eigenvalue weighted by Gasteiger charge is -1.21. The molecule has 0 bridgehead atoms. The highest BCUT2D eigenvalue weighted by Crippen LogP contribution is 0.794. The Balaban J connectivity index is -0.00000000000101. The Bertz CT molecular complexity index is 16.2. The van der Waals surface area contributed by atoms with Crippen LogP contribution in [0.15, 0.2) is 0 Å². The first-order chi connectivity index (χ1) is 1.00. The summed E-state index contributed by atoms with van der Waals surface area (Å²) in [5.41, 5.74) is 0. The van der Waals surface area contributed by atoms with Crippen molar-refractivity contribution in [1.82, 2.24) is 0 Å². The van der Waals surface area contributed by atoms with E-state index in [0.29, 0.717) is 0 Å². The second kappa shape index (κ2) is 2580. The molecule has 1 nitrogen and oxygen atoms in total. The largest absolute Gasteiger partial charge is 0.400 e. The summed E-state index contributed by atoms with van der Waals surface area (Å²) in [4.78, 5) is 0. The molecule has 0 aromatic carbocycles. The summed E-state index contributed by atoms with van der Waals surface area (Å²) in [5, 5.41) is 7.00. The topological polar surface area (TPSA) is 20.2 Å². The first kappa shape index (κ1) is 2460. The van der Waals surface area contributed by atoms with Gasteiger partial charge < -0.3 is 5.11 Å². The number of aliphatic hydroxyl groups is 1. The standard InChI is InChI=1S/CH4O.100ClH/c1-2;;;;;;;;;;;;;;;;;;;;;;;;;;;;;;;;;;;;;;;;;;;;;;;;;;;;;;;;;;;;;;;;;;;;;;;;;;;;;;;;;;;;;;;;;;;;;;;;;;;;/h2H,1H3;100*1H. The number of halogens is 100. The first-order valence-electron chi connectivity index (χ1n) is 0.447. The molecule has 0 rings (SSSR count). The monoisotopic (exact) mass is 3630 g/mol. The maximum atomic E-state index is 7.00. The number of rotatable bonds is 0. The molecule has 0 aromatic rings. The minimum Gasteiger partial charge on any atom is -0.400 e. The van der Waals surface area contributed by atoms with E-state index in [9.17, 15) is 0 Å². The fourth-order valence-electron chi connectivity index (χ4n) is 0. The van der Waals surface area contributed by atoms with Crippen molar-refractivity contribution in [2.24, 2.45) is 0 Å². The molecular formula is CH104Cl100O. The second-order valence-electron chi connectivity index (χ2n) is 0. The van der Waals surface area contributed by atoms with E-state index in [1.807, 2.05) is 0 Å². The average molecular weight is 3680 g/mol. The number of hydrogen-bond donors (Lipinski definition) is 1. The van der Waals surface area contributed by atoms with Gasteiger partial charge in [-0.2, -0.15) is 0 Å². The minimum atomic E-state index is 0. The summed E-state index contributed by atoms with van der Waals surface area (Å²) in [5.74, 6) is 0. The second-order valence-corrected chi connectivity index (χ2v) is 0. The van der Waals surface area contributed by atoms with Gasteiger partial charge in [0.25, 0.3) is 0 Å². The summed E-state index contributed by atoms with van der Waals surface area (Å²) in [6, 6.07) is 0. The zero-order chi connectivity index (χ0) is 2.00. The van der Waals surface area contributed by atoms with Gasteiger partial charge in [0.1, 0.15) is 0 Å². The number of hydrogen-bond acceptors (Lipinski definition) is 1. The fraction of sp³-hybridized carbons (Fsp3) is 1.00. The Morgan fingerprint density at radius 3 is 0.0392 bits per heavy atom. The normalized spacial score (nSPS) is 0.0588. The van der Waals surface area contributed by atoms with Gasteiger partial charge in [-0.15, -0.1) is 1240 Å². The molecule has 0 amide bonds. The molecule has 0 saturated heterocycles. The van der Waals surface area contributed by atoms with Crippen molar-refractivity contribution in [2.75, 3.05) is 7.11 Å². The highest BCUT2D eigenvalue weighted by Gasteiger charge is 0.839. The van der Waals surface area contributed by atoms with Crippen LogP contribution in [0.2, 0.25) is 0 Å². The predicted octanol–water partition coefficient (Wildman–Crippen LogP) is 41.8. The van der Waals surface area contributed by atoms with Crippen LogP contribution in [0.25, 0.3) is 0 Å². The van der Waals surface area contributed by atoms with Crippen molar-refractivity contribution in [2.45, 2.75) is 0 Å². The third kappa shape index (κ3) is 2520. The molecule has 0 aliphatic carbocycles. The SMILES string of the molecule is CO.Cl.Cl.Cl.Cl.Cl.Cl.Cl.Cl.Cl.Cl.Cl.Cl.Cl.Cl.Cl.Cl.Cl.Cl.Cl.Cl.Cl.Cl.Cl.Cl.Cl.Cl.Cl.Cl.Cl.Cl.Cl.Cl.Cl.Cl.Cl.Cl.Cl.Cl.Cl.Cl.Cl.Cl.Cl.Cl.Cl.Cl.Cl.Cl.Cl.Cl.Cl.Cl.Cl.Cl.Cl.Cl.Cl.Cl.Cl.Cl.Cl.Cl.Cl.Cl.Cl.Cl.Cl.Cl.Cl.Cl.Cl.Cl.Cl.Cl.Cl.Cl.Cl.Cl.Cl.Cl.Cl.Cl.Cl.Cl.Cl.Cl.Cl.Cl.Cl.Cl.Cl.Cl.Cl.Cl.Cl.Cl.Cl.Cl.Cl.Cl.